The standard InChI is InChI=1S/C20H21ClFN3OS/c1-2-14-3-6-19(17(21)7-14)27-25-11-20(10-24,12-25)13-26-16-5-4-15(9-23)18(22)8-16/h3-8H,2,10-13,24H2,1H3. The molecule has 0 bridgehead atoms. The summed E-state index contributed by atoms with van der Waals surface area (Å²) in [5, 5.41) is 9.55. The van der Waals surface area contributed by atoms with Crippen molar-refractivity contribution < 1.29 is 9.13 Å². The highest BCUT2D eigenvalue weighted by atomic mass is 35.5. The predicted molar refractivity (Wildman–Crippen MR) is 106 cm³/mol. The van der Waals surface area contributed by atoms with Gasteiger partial charge in [-0.05, 0) is 48.2 Å². The number of nitrogens with two attached hydrogens (primary N) is 1. The molecular weight excluding hydrogens is 385 g/mol. The summed E-state index contributed by atoms with van der Waals surface area (Å²) in [7, 11) is 0. The van der Waals surface area contributed by atoms with Crippen LogP contribution in [0.4, 0.5) is 4.39 Å². The number of nitrogens with zero attached hydrogens (tertiary/aromatic N) is 2. The van der Waals surface area contributed by atoms with Crippen LogP contribution in [0.1, 0.15) is 18.1 Å². The van der Waals surface area contributed by atoms with E-state index in [0.29, 0.717) is 18.9 Å². The van der Waals surface area contributed by atoms with Gasteiger partial charge in [0.15, 0.2) is 0 Å². The third kappa shape index (κ3) is 4.56. The number of benzene rings is 2. The molecule has 1 fully saturated rings. The van der Waals surface area contributed by atoms with E-state index in [1.807, 2.05) is 12.1 Å². The van der Waals surface area contributed by atoms with E-state index in [9.17, 15) is 4.39 Å². The van der Waals surface area contributed by atoms with Crippen molar-refractivity contribution in [1.82, 2.24) is 4.31 Å². The van der Waals surface area contributed by atoms with E-state index in [1.54, 1.807) is 24.1 Å². The lowest BCUT2D eigenvalue weighted by molar-refractivity contribution is 0.0335. The zero-order valence-corrected chi connectivity index (χ0v) is 16.6. The molecule has 0 saturated carbocycles. The number of ether oxygens (including phenoxy) is 1. The van der Waals surface area contributed by atoms with Crippen molar-refractivity contribution in [3.63, 3.8) is 0 Å². The van der Waals surface area contributed by atoms with Gasteiger partial charge >= 0.3 is 0 Å². The van der Waals surface area contributed by atoms with Crippen LogP contribution in [0.3, 0.4) is 0 Å². The number of nitriles is 1. The van der Waals surface area contributed by atoms with Gasteiger partial charge in [0.2, 0.25) is 0 Å². The van der Waals surface area contributed by atoms with E-state index < -0.39 is 5.82 Å². The Morgan fingerprint density at radius 3 is 2.70 bits per heavy atom. The smallest absolute Gasteiger partial charge is 0.144 e. The maximum Gasteiger partial charge on any atom is 0.144 e. The number of halogens is 2. The third-order valence-electron chi connectivity index (χ3n) is 4.69. The molecule has 2 aromatic rings. The molecular formula is C20H21ClFN3OS. The van der Waals surface area contributed by atoms with Crippen LogP contribution < -0.4 is 10.5 Å². The predicted octanol–water partition coefficient (Wildman–Crippen LogP) is 4.26. The van der Waals surface area contributed by atoms with E-state index in [4.69, 9.17) is 27.3 Å². The van der Waals surface area contributed by atoms with Crippen LogP contribution in [0.5, 0.6) is 5.75 Å². The fourth-order valence-electron chi connectivity index (χ4n) is 2.94. The molecule has 0 atom stereocenters. The Labute approximate surface area is 168 Å². The van der Waals surface area contributed by atoms with Crippen LogP contribution in [-0.4, -0.2) is 30.5 Å². The molecule has 27 heavy (non-hydrogen) atoms. The maximum atomic E-state index is 13.7. The Bertz CT molecular complexity index is 865. The minimum Gasteiger partial charge on any atom is -0.493 e. The number of hydrogen-bond donors (Lipinski definition) is 1. The molecule has 4 nitrogen and oxygen atoms in total. The summed E-state index contributed by atoms with van der Waals surface area (Å²) in [4.78, 5) is 1.02. The molecule has 1 saturated heterocycles. The number of aryl methyl sites for hydroxylation is 1. The van der Waals surface area contributed by atoms with Gasteiger partial charge in [0.25, 0.3) is 0 Å². The highest BCUT2D eigenvalue weighted by Crippen LogP contribution is 2.40. The molecule has 2 aromatic carbocycles. The van der Waals surface area contributed by atoms with E-state index >= 15 is 0 Å². The normalized spacial score (nSPS) is 15.8. The van der Waals surface area contributed by atoms with Crippen LogP contribution >= 0.6 is 23.5 Å². The summed E-state index contributed by atoms with van der Waals surface area (Å²) in [6.07, 6.45) is 0.956. The molecule has 0 spiro atoms. The Hall–Kier alpha value is -1.78. The van der Waals surface area contributed by atoms with Gasteiger partial charge in [-0.15, -0.1) is 0 Å². The second-order valence-corrected chi connectivity index (χ2v) is 8.30. The minimum absolute atomic E-state index is 0.00748. The van der Waals surface area contributed by atoms with Gasteiger partial charge in [-0.1, -0.05) is 24.6 Å². The SMILES string of the molecule is CCc1ccc(SN2CC(CN)(COc3ccc(C#N)c(F)c3)C2)c(Cl)c1. The highest BCUT2D eigenvalue weighted by Gasteiger charge is 2.43. The van der Waals surface area contributed by atoms with E-state index in [-0.39, 0.29) is 11.0 Å². The average Bonchev–Trinajstić information content (AvgIpc) is 2.64. The van der Waals surface area contributed by atoms with E-state index in [2.05, 4.69) is 17.3 Å². The first-order valence-corrected chi connectivity index (χ1v) is 9.87. The van der Waals surface area contributed by atoms with Crippen LogP contribution in [-0.2, 0) is 6.42 Å². The van der Waals surface area contributed by atoms with Gasteiger partial charge in [-0.3, -0.25) is 0 Å². The van der Waals surface area contributed by atoms with Gasteiger partial charge in [0, 0.05) is 36.0 Å². The van der Waals surface area contributed by atoms with E-state index in [0.717, 1.165) is 29.4 Å². The van der Waals surface area contributed by atoms with Crippen molar-refractivity contribution >= 4 is 23.5 Å². The second-order valence-electron chi connectivity index (χ2n) is 6.75. The lowest BCUT2D eigenvalue weighted by Crippen LogP contribution is -2.59. The quantitative estimate of drug-likeness (QED) is 0.697. The Kier molecular flexibility index (Phi) is 6.28. The first-order valence-electron chi connectivity index (χ1n) is 8.72. The summed E-state index contributed by atoms with van der Waals surface area (Å²) in [5.74, 6) is -0.170. The summed E-state index contributed by atoms with van der Waals surface area (Å²) < 4.78 is 21.6. The summed E-state index contributed by atoms with van der Waals surface area (Å²) in [6, 6.07) is 12.2. The van der Waals surface area contributed by atoms with Crippen LogP contribution in [0.15, 0.2) is 41.3 Å². The molecule has 1 heterocycles. The van der Waals surface area contributed by atoms with Gasteiger partial charge in [0.1, 0.15) is 17.6 Å². The molecule has 142 valence electrons. The lowest BCUT2D eigenvalue weighted by atomic mass is 9.83. The first-order chi connectivity index (χ1) is 13.0. The van der Waals surface area contributed by atoms with Crippen molar-refractivity contribution in [3.05, 3.63) is 58.4 Å². The van der Waals surface area contributed by atoms with E-state index in [1.165, 1.54) is 17.7 Å². The average molecular weight is 406 g/mol. The molecule has 1 aliphatic rings. The van der Waals surface area contributed by atoms with Crippen molar-refractivity contribution in [2.75, 3.05) is 26.2 Å². The topological polar surface area (TPSA) is 62.3 Å². The summed E-state index contributed by atoms with van der Waals surface area (Å²) in [6.45, 7) is 4.50. The molecule has 0 aliphatic carbocycles. The Balaban J connectivity index is 1.56. The third-order valence-corrected chi connectivity index (χ3v) is 6.19. The Morgan fingerprint density at radius 2 is 2.11 bits per heavy atom. The minimum atomic E-state index is -0.576. The first kappa shape index (κ1) is 20.0. The van der Waals surface area contributed by atoms with Gasteiger partial charge < -0.3 is 10.5 Å². The zero-order chi connectivity index (χ0) is 19.4. The summed E-state index contributed by atoms with van der Waals surface area (Å²) >= 11 is 7.98. The second kappa shape index (κ2) is 8.49. The lowest BCUT2D eigenvalue weighted by Gasteiger charge is -2.48. The van der Waals surface area contributed by atoms with Crippen LogP contribution in [0, 0.1) is 22.6 Å². The van der Waals surface area contributed by atoms with Gasteiger partial charge in [-0.2, -0.15) is 5.26 Å². The molecule has 1 aliphatic heterocycles. The largest absolute Gasteiger partial charge is 0.493 e. The molecule has 3 rings (SSSR count). The Morgan fingerprint density at radius 1 is 1.33 bits per heavy atom. The molecule has 2 N–H and O–H groups in total. The fraction of sp³-hybridized carbons (Fsp3) is 0.350. The fourth-order valence-corrected chi connectivity index (χ4v) is 4.47. The van der Waals surface area contributed by atoms with Crippen molar-refractivity contribution in [1.29, 1.82) is 5.26 Å². The van der Waals surface area contributed by atoms with Crippen LogP contribution in [0.25, 0.3) is 0 Å². The van der Waals surface area contributed by atoms with Gasteiger partial charge in [-0.25, -0.2) is 8.70 Å². The monoisotopic (exact) mass is 405 g/mol. The van der Waals surface area contributed by atoms with Gasteiger partial charge in [0.05, 0.1) is 17.2 Å². The molecule has 7 heteroatoms. The molecule has 0 amide bonds. The molecule has 0 aromatic heterocycles. The van der Waals surface area contributed by atoms with Crippen molar-refractivity contribution in [2.45, 2.75) is 18.2 Å². The maximum absolute atomic E-state index is 13.7. The number of rotatable bonds is 7. The van der Waals surface area contributed by atoms with Crippen LogP contribution in [0.2, 0.25) is 5.02 Å². The van der Waals surface area contributed by atoms with Crippen molar-refractivity contribution in [3.8, 4) is 11.8 Å². The zero-order valence-electron chi connectivity index (χ0n) is 15.0. The number of hydrogen-bond acceptors (Lipinski definition) is 5. The van der Waals surface area contributed by atoms with Crippen molar-refractivity contribution in [2.24, 2.45) is 11.1 Å². The highest BCUT2D eigenvalue weighted by molar-refractivity contribution is 7.97. The molecule has 0 unspecified atom stereocenters. The summed E-state index contributed by atoms with van der Waals surface area (Å²) in [5.41, 5.74) is 7.02. The molecule has 0 radical (unpaired) electrons.